The second-order valence-electron chi connectivity index (χ2n) is 6.09. The summed E-state index contributed by atoms with van der Waals surface area (Å²) in [5, 5.41) is 18.6. The van der Waals surface area contributed by atoms with Crippen molar-refractivity contribution in [3.63, 3.8) is 0 Å². The van der Waals surface area contributed by atoms with Crippen molar-refractivity contribution >= 4 is 46.6 Å². The number of rotatable bonds is 3. The van der Waals surface area contributed by atoms with Crippen molar-refractivity contribution in [2.24, 2.45) is 0 Å². The number of aryl methyl sites for hydroxylation is 1. The predicted molar refractivity (Wildman–Crippen MR) is 102 cm³/mol. The largest absolute Gasteiger partial charge is 0.480 e. The van der Waals surface area contributed by atoms with Gasteiger partial charge < -0.3 is 21.1 Å². The maximum atomic E-state index is 12.4. The summed E-state index contributed by atoms with van der Waals surface area (Å²) in [6.07, 6.45) is 0.158. The first-order valence-corrected chi connectivity index (χ1v) is 8.72. The number of hydrogen-bond donors (Lipinski definition) is 4. The van der Waals surface area contributed by atoms with E-state index in [1.54, 1.807) is 18.2 Å². The first-order valence-electron chi connectivity index (χ1n) is 7.96. The Bertz CT molecular complexity index is 873. The summed E-state index contributed by atoms with van der Waals surface area (Å²) >= 11 is 12.3. The van der Waals surface area contributed by atoms with Gasteiger partial charge in [-0.25, -0.2) is 9.59 Å². The van der Waals surface area contributed by atoms with Gasteiger partial charge in [0, 0.05) is 33.4 Å². The monoisotopic (exact) mass is 393 g/mol. The van der Waals surface area contributed by atoms with Crippen LogP contribution < -0.4 is 16.0 Å². The van der Waals surface area contributed by atoms with Crippen LogP contribution in [0.4, 0.5) is 16.2 Å². The molecule has 8 heteroatoms. The van der Waals surface area contributed by atoms with Gasteiger partial charge in [-0.2, -0.15) is 0 Å². The Labute approximate surface area is 160 Å². The smallest absolute Gasteiger partial charge is 0.326 e. The topological polar surface area (TPSA) is 90.5 Å². The zero-order valence-electron chi connectivity index (χ0n) is 13.8. The molecular weight excluding hydrogens is 377 g/mol. The molecule has 1 aliphatic heterocycles. The molecule has 1 heterocycles. The number of carbonyl (C=O) groups excluding carboxylic acids is 1. The zero-order chi connectivity index (χ0) is 18.8. The molecule has 0 fully saturated rings. The summed E-state index contributed by atoms with van der Waals surface area (Å²) in [5.74, 6) is -1.02. The lowest BCUT2D eigenvalue weighted by Crippen LogP contribution is -2.42. The van der Waals surface area contributed by atoms with Crippen LogP contribution in [-0.2, 0) is 4.79 Å². The Balaban J connectivity index is 1.85. The Morgan fingerprint density at radius 3 is 2.65 bits per heavy atom. The lowest BCUT2D eigenvalue weighted by atomic mass is 9.93. The number of hydrogen-bond acceptors (Lipinski definition) is 3. The van der Waals surface area contributed by atoms with Crippen LogP contribution in [0.25, 0.3) is 0 Å². The Morgan fingerprint density at radius 1 is 1.23 bits per heavy atom. The number of halogens is 2. The van der Waals surface area contributed by atoms with E-state index in [-0.39, 0.29) is 6.42 Å². The van der Waals surface area contributed by atoms with E-state index in [0.29, 0.717) is 27.0 Å². The molecule has 0 saturated heterocycles. The van der Waals surface area contributed by atoms with E-state index in [1.165, 1.54) is 0 Å². The van der Waals surface area contributed by atoms with Crippen LogP contribution >= 0.6 is 23.2 Å². The first-order chi connectivity index (χ1) is 12.3. The number of carboxylic acids is 1. The molecule has 4 N–H and O–H groups in total. The summed E-state index contributed by atoms with van der Waals surface area (Å²) in [6, 6.07) is 8.68. The van der Waals surface area contributed by atoms with Gasteiger partial charge in [0.25, 0.3) is 0 Å². The number of anilines is 2. The van der Waals surface area contributed by atoms with Crippen LogP contribution in [-0.4, -0.2) is 23.1 Å². The maximum Gasteiger partial charge on any atom is 0.326 e. The SMILES string of the molecule is Cc1ccccc1NC(=O)NC1CC(C(=O)O)Nc2cc(Cl)cc(Cl)c21. The highest BCUT2D eigenvalue weighted by molar-refractivity contribution is 6.35. The van der Waals surface area contributed by atoms with Gasteiger partial charge in [-0.1, -0.05) is 41.4 Å². The standard InChI is InChI=1S/C18H17Cl2N3O3/c1-9-4-2-3-5-12(9)22-18(26)23-14-8-15(17(24)25)21-13-7-10(19)6-11(20)16(13)14/h2-7,14-15,21H,8H2,1H3,(H,24,25)(H2,22,23,26). The number of nitrogens with one attached hydrogen (secondary N) is 3. The lowest BCUT2D eigenvalue weighted by Gasteiger charge is -2.32. The van der Waals surface area contributed by atoms with Crippen LogP contribution in [0.5, 0.6) is 0 Å². The van der Waals surface area contributed by atoms with Gasteiger partial charge in [0.1, 0.15) is 6.04 Å². The molecule has 2 aromatic rings. The van der Waals surface area contributed by atoms with Crippen LogP contribution in [0.2, 0.25) is 10.0 Å². The van der Waals surface area contributed by atoms with E-state index >= 15 is 0 Å². The van der Waals surface area contributed by atoms with E-state index in [9.17, 15) is 14.7 Å². The van der Waals surface area contributed by atoms with Crippen molar-refractivity contribution in [1.82, 2.24) is 5.32 Å². The van der Waals surface area contributed by atoms with Crippen molar-refractivity contribution in [2.75, 3.05) is 10.6 Å². The molecule has 1 aliphatic rings. The molecule has 6 nitrogen and oxygen atoms in total. The van der Waals surface area contributed by atoms with Gasteiger partial charge in [-0.3, -0.25) is 0 Å². The van der Waals surface area contributed by atoms with Gasteiger partial charge in [-0.15, -0.1) is 0 Å². The number of carboxylic acid groups (broad SMARTS) is 1. The van der Waals surface area contributed by atoms with Crippen molar-refractivity contribution in [3.8, 4) is 0 Å². The third kappa shape index (κ3) is 3.86. The number of fused-ring (bicyclic) bond motifs is 1. The molecule has 0 saturated carbocycles. The molecule has 2 unspecified atom stereocenters. The molecule has 3 rings (SSSR count). The van der Waals surface area contributed by atoms with Gasteiger partial charge >= 0.3 is 12.0 Å². The Kier molecular flexibility index (Phi) is 5.25. The van der Waals surface area contributed by atoms with Crippen molar-refractivity contribution < 1.29 is 14.7 Å². The van der Waals surface area contributed by atoms with E-state index in [0.717, 1.165) is 5.56 Å². The van der Waals surface area contributed by atoms with Crippen LogP contribution in [0.1, 0.15) is 23.6 Å². The van der Waals surface area contributed by atoms with E-state index in [4.69, 9.17) is 23.2 Å². The van der Waals surface area contributed by atoms with Crippen LogP contribution in [0.3, 0.4) is 0 Å². The normalized spacial score (nSPS) is 18.4. The molecule has 0 aromatic heterocycles. The lowest BCUT2D eigenvalue weighted by molar-refractivity contribution is -0.138. The zero-order valence-corrected chi connectivity index (χ0v) is 15.4. The third-order valence-electron chi connectivity index (χ3n) is 4.24. The summed E-state index contributed by atoms with van der Waals surface area (Å²) in [6.45, 7) is 1.88. The van der Waals surface area contributed by atoms with E-state index < -0.39 is 24.1 Å². The highest BCUT2D eigenvalue weighted by Gasteiger charge is 2.33. The third-order valence-corrected chi connectivity index (χ3v) is 4.77. The Morgan fingerprint density at radius 2 is 1.96 bits per heavy atom. The van der Waals surface area contributed by atoms with Crippen molar-refractivity contribution in [3.05, 3.63) is 57.6 Å². The predicted octanol–water partition coefficient (Wildman–Crippen LogP) is 4.43. The minimum atomic E-state index is -1.02. The number of carbonyl (C=O) groups is 2. The first kappa shape index (κ1) is 18.4. The number of para-hydroxylation sites is 1. The van der Waals surface area contributed by atoms with Gasteiger partial charge in [0.2, 0.25) is 0 Å². The molecule has 0 bridgehead atoms. The van der Waals surface area contributed by atoms with E-state index in [1.807, 2.05) is 25.1 Å². The molecule has 136 valence electrons. The van der Waals surface area contributed by atoms with Crippen LogP contribution in [0, 0.1) is 6.92 Å². The van der Waals surface area contributed by atoms with Crippen molar-refractivity contribution in [2.45, 2.75) is 25.4 Å². The average molecular weight is 394 g/mol. The summed E-state index contributed by atoms with van der Waals surface area (Å²) in [5.41, 5.74) is 2.72. The molecule has 0 radical (unpaired) electrons. The second kappa shape index (κ2) is 7.43. The molecule has 2 aromatic carbocycles. The number of aliphatic carboxylic acids is 1. The number of benzene rings is 2. The number of amides is 2. The fraction of sp³-hybridized carbons (Fsp3) is 0.222. The molecule has 0 aliphatic carbocycles. The molecule has 26 heavy (non-hydrogen) atoms. The van der Waals surface area contributed by atoms with Crippen LogP contribution in [0.15, 0.2) is 36.4 Å². The van der Waals surface area contributed by atoms with Gasteiger partial charge in [-0.05, 0) is 30.7 Å². The summed E-state index contributed by atoms with van der Waals surface area (Å²) in [7, 11) is 0. The quantitative estimate of drug-likeness (QED) is 0.620. The fourth-order valence-corrected chi connectivity index (χ4v) is 3.61. The van der Waals surface area contributed by atoms with Crippen molar-refractivity contribution in [1.29, 1.82) is 0 Å². The second-order valence-corrected chi connectivity index (χ2v) is 6.93. The molecular formula is C18H17Cl2N3O3. The highest BCUT2D eigenvalue weighted by atomic mass is 35.5. The Hall–Kier alpha value is -2.44. The minimum Gasteiger partial charge on any atom is -0.480 e. The summed E-state index contributed by atoms with van der Waals surface area (Å²) < 4.78 is 0. The number of urea groups is 1. The maximum absolute atomic E-state index is 12.4. The minimum absolute atomic E-state index is 0.158. The molecule has 0 spiro atoms. The fourth-order valence-electron chi connectivity index (χ4n) is 2.98. The highest BCUT2D eigenvalue weighted by Crippen LogP contribution is 2.39. The summed E-state index contributed by atoms with van der Waals surface area (Å²) in [4.78, 5) is 23.9. The molecule has 2 atom stereocenters. The van der Waals surface area contributed by atoms with Gasteiger partial charge in [0.05, 0.1) is 6.04 Å². The molecule has 2 amide bonds. The van der Waals surface area contributed by atoms with Gasteiger partial charge in [0.15, 0.2) is 0 Å². The van der Waals surface area contributed by atoms with E-state index in [2.05, 4.69) is 16.0 Å². The average Bonchev–Trinajstić information content (AvgIpc) is 2.55.